The van der Waals surface area contributed by atoms with Gasteiger partial charge in [0.1, 0.15) is 0 Å². The molecule has 1 unspecified atom stereocenters. The molecule has 1 aromatic rings. The molecule has 1 amide bonds. The van der Waals surface area contributed by atoms with Crippen LogP contribution in [0.25, 0.3) is 0 Å². The third-order valence-corrected chi connectivity index (χ3v) is 4.00. The van der Waals surface area contributed by atoms with Gasteiger partial charge in [-0.2, -0.15) is 0 Å². The Morgan fingerprint density at radius 3 is 2.63 bits per heavy atom. The van der Waals surface area contributed by atoms with Gasteiger partial charge in [-0.3, -0.25) is 4.79 Å². The van der Waals surface area contributed by atoms with Crippen molar-refractivity contribution in [1.29, 1.82) is 0 Å². The van der Waals surface area contributed by atoms with E-state index in [0.717, 1.165) is 11.1 Å². The van der Waals surface area contributed by atoms with Crippen LogP contribution < -0.4 is 0 Å². The molecule has 0 saturated carbocycles. The van der Waals surface area contributed by atoms with Gasteiger partial charge in [-0.05, 0) is 45.2 Å². The van der Waals surface area contributed by atoms with E-state index in [1.54, 1.807) is 0 Å². The van der Waals surface area contributed by atoms with E-state index in [2.05, 4.69) is 13.0 Å². The number of aliphatic hydroxyl groups excluding tert-OH is 1. The average molecular weight is 261 g/mol. The number of aliphatic hydroxyl groups is 1. The molecule has 1 aromatic carbocycles. The Morgan fingerprint density at radius 2 is 2.11 bits per heavy atom. The molecule has 1 saturated heterocycles. The van der Waals surface area contributed by atoms with Gasteiger partial charge in [0.2, 0.25) is 5.91 Å². The van der Waals surface area contributed by atoms with Crippen molar-refractivity contribution in [3.05, 3.63) is 34.9 Å². The number of rotatable bonds is 2. The lowest BCUT2D eigenvalue weighted by atomic mass is 9.99. The molecule has 1 fully saturated rings. The van der Waals surface area contributed by atoms with Crippen LogP contribution in [0.15, 0.2) is 18.2 Å². The predicted octanol–water partition coefficient (Wildman–Crippen LogP) is 2.22. The molecule has 3 nitrogen and oxygen atoms in total. The predicted molar refractivity (Wildman–Crippen MR) is 76.0 cm³/mol. The molecule has 1 atom stereocenters. The van der Waals surface area contributed by atoms with E-state index in [1.165, 1.54) is 5.56 Å². The molecule has 1 N–H and O–H groups in total. The van der Waals surface area contributed by atoms with Gasteiger partial charge in [0.25, 0.3) is 0 Å². The van der Waals surface area contributed by atoms with Crippen molar-refractivity contribution < 1.29 is 9.90 Å². The highest BCUT2D eigenvalue weighted by atomic mass is 16.3. The fourth-order valence-electron chi connectivity index (χ4n) is 2.95. The van der Waals surface area contributed by atoms with Gasteiger partial charge < -0.3 is 10.0 Å². The zero-order valence-electron chi connectivity index (χ0n) is 12.2. The van der Waals surface area contributed by atoms with Crippen LogP contribution in [-0.2, 0) is 11.2 Å². The maximum absolute atomic E-state index is 12.4. The summed E-state index contributed by atoms with van der Waals surface area (Å²) in [6.45, 7) is 8.58. The Bertz CT molecular complexity index is 494. The molecule has 0 aromatic heterocycles. The Balaban J connectivity index is 2.13. The van der Waals surface area contributed by atoms with Crippen molar-refractivity contribution in [2.75, 3.05) is 6.54 Å². The van der Waals surface area contributed by atoms with Crippen molar-refractivity contribution in [2.45, 2.75) is 52.2 Å². The molecule has 104 valence electrons. The van der Waals surface area contributed by atoms with Gasteiger partial charge in [0, 0.05) is 12.1 Å². The van der Waals surface area contributed by atoms with Crippen LogP contribution in [0.1, 0.15) is 37.0 Å². The molecule has 3 heteroatoms. The summed E-state index contributed by atoms with van der Waals surface area (Å²) in [6.07, 6.45) is 0.687. The number of nitrogens with zero attached hydrogens (tertiary/aromatic N) is 1. The summed E-state index contributed by atoms with van der Waals surface area (Å²) in [6, 6.07) is 6.17. The van der Waals surface area contributed by atoms with Gasteiger partial charge in [0.05, 0.1) is 12.5 Å². The van der Waals surface area contributed by atoms with E-state index in [4.69, 9.17) is 0 Å². The Kier molecular flexibility index (Phi) is 3.68. The van der Waals surface area contributed by atoms with E-state index in [0.29, 0.717) is 19.4 Å². The van der Waals surface area contributed by atoms with Crippen LogP contribution in [0.5, 0.6) is 0 Å². The lowest BCUT2D eigenvalue weighted by molar-refractivity contribution is -0.133. The molecule has 0 bridgehead atoms. The van der Waals surface area contributed by atoms with E-state index in [-0.39, 0.29) is 11.4 Å². The monoisotopic (exact) mass is 261 g/mol. The molecule has 19 heavy (non-hydrogen) atoms. The Morgan fingerprint density at radius 1 is 1.42 bits per heavy atom. The van der Waals surface area contributed by atoms with Crippen LogP contribution >= 0.6 is 0 Å². The van der Waals surface area contributed by atoms with Gasteiger partial charge >= 0.3 is 0 Å². The third-order valence-electron chi connectivity index (χ3n) is 4.00. The van der Waals surface area contributed by atoms with Crippen LogP contribution in [0.2, 0.25) is 0 Å². The summed E-state index contributed by atoms with van der Waals surface area (Å²) in [7, 11) is 0. The fraction of sp³-hybridized carbons (Fsp3) is 0.562. The molecule has 1 heterocycles. The zero-order chi connectivity index (χ0) is 14.2. The minimum Gasteiger partial charge on any atom is -0.391 e. The van der Waals surface area contributed by atoms with Crippen LogP contribution in [0.3, 0.4) is 0 Å². The standard InChI is InChI=1S/C16H23NO2/c1-11-5-6-13(12(2)7-11)8-15(19)17-10-14(18)9-16(17,3)4/h5-7,14,18H,8-10H2,1-4H3. The van der Waals surface area contributed by atoms with E-state index in [1.807, 2.05) is 37.8 Å². The summed E-state index contributed by atoms with van der Waals surface area (Å²) in [4.78, 5) is 14.2. The minimum atomic E-state index is -0.391. The molecule has 0 radical (unpaired) electrons. The molecule has 0 spiro atoms. The molecule has 1 aliphatic heterocycles. The van der Waals surface area contributed by atoms with E-state index < -0.39 is 6.10 Å². The molecule has 0 aliphatic carbocycles. The summed E-state index contributed by atoms with van der Waals surface area (Å²) >= 11 is 0. The number of amides is 1. The number of aryl methyl sites for hydroxylation is 2. The van der Waals surface area contributed by atoms with E-state index >= 15 is 0 Å². The van der Waals surface area contributed by atoms with Crippen LogP contribution in [-0.4, -0.2) is 34.1 Å². The molecular formula is C16H23NO2. The first-order valence-corrected chi connectivity index (χ1v) is 6.84. The number of carbonyl (C=O) groups is 1. The first-order chi connectivity index (χ1) is 8.79. The lowest BCUT2D eigenvalue weighted by Gasteiger charge is -2.31. The Hall–Kier alpha value is -1.35. The van der Waals surface area contributed by atoms with Gasteiger partial charge in [0.15, 0.2) is 0 Å². The summed E-state index contributed by atoms with van der Waals surface area (Å²) in [5.41, 5.74) is 3.21. The number of benzene rings is 1. The van der Waals surface area contributed by atoms with Gasteiger partial charge in [-0.15, -0.1) is 0 Å². The number of hydrogen-bond acceptors (Lipinski definition) is 2. The first-order valence-electron chi connectivity index (χ1n) is 6.84. The summed E-state index contributed by atoms with van der Waals surface area (Å²) < 4.78 is 0. The van der Waals surface area contributed by atoms with Crippen molar-refractivity contribution >= 4 is 5.91 Å². The topological polar surface area (TPSA) is 40.5 Å². The number of carbonyl (C=O) groups excluding carboxylic acids is 1. The maximum Gasteiger partial charge on any atom is 0.227 e. The highest BCUT2D eigenvalue weighted by Gasteiger charge is 2.40. The largest absolute Gasteiger partial charge is 0.391 e. The number of likely N-dealkylation sites (tertiary alicyclic amines) is 1. The second-order valence-corrected chi connectivity index (χ2v) is 6.28. The average Bonchev–Trinajstić information content (AvgIpc) is 2.56. The maximum atomic E-state index is 12.4. The highest BCUT2D eigenvalue weighted by Crippen LogP contribution is 2.29. The minimum absolute atomic E-state index is 0.105. The zero-order valence-corrected chi connectivity index (χ0v) is 12.2. The van der Waals surface area contributed by atoms with E-state index in [9.17, 15) is 9.90 Å². The first kappa shape index (κ1) is 14.1. The smallest absolute Gasteiger partial charge is 0.227 e. The van der Waals surface area contributed by atoms with Crippen molar-refractivity contribution in [1.82, 2.24) is 4.90 Å². The second kappa shape index (κ2) is 4.97. The molecular weight excluding hydrogens is 238 g/mol. The molecule has 2 rings (SSSR count). The fourth-order valence-corrected chi connectivity index (χ4v) is 2.95. The quantitative estimate of drug-likeness (QED) is 0.886. The molecule has 1 aliphatic rings. The summed E-state index contributed by atoms with van der Waals surface area (Å²) in [5.74, 6) is 0.105. The number of β-amino-alcohol motifs (C(OH)–C–C–N with tert-alkyl or cyclic N) is 1. The van der Waals surface area contributed by atoms with Crippen LogP contribution in [0.4, 0.5) is 0 Å². The van der Waals surface area contributed by atoms with Gasteiger partial charge in [-0.25, -0.2) is 0 Å². The van der Waals surface area contributed by atoms with Crippen molar-refractivity contribution in [2.24, 2.45) is 0 Å². The number of hydrogen-bond donors (Lipinski definition) is 1. The summed E-state index contributed by atoms with van der Waals surface area (Å²) in [5, 5.41) is 9.75. The Labute approximate surface area is 115 Å². The van der Waals surface area contributed by atoms with Crippen molar-refractivity contribution in [3.63, 3.8) is 0 Å². The lowest BCUT2D eigenvalue weighted by Crippen LogP contribution is -2.43. The second-order valence-electron chi connectivity index (χ2n) is 6.28. The SMILES string of the molecule is Cc1ccc(CC(=O)N2CC(O)CC2(C)C)c(C)c1. The van der Waals surface area contributed by atoms with Crippen molar-refractivity contribution in [3.8, 4) is 0 Å². The van der Waals surface area contributed by atoms with Crippen LogP contribution in [0, 0.1) is 13.8 Å². The normalized spacial score (nSPS) is 21.7. The van der Waals surface area contributed by atoms with Gasteiger partial charge in [-0.1, -0.05) is 23.8 Å². The highest BCUT2D eigenvalue weighted by molar-refractivity contribution is 5.80. The third kappa shape index (κ3) is 2.98.